The van der Waals surface area contributed by atoms with Gasteiger partial charge in [-0.1, -0.05) is 0 Å². The molecule has 0 aromatic carbocycles. The summed E-state index contributed by atoms with van der Waals surface area (Å²) in [4.78, 5) is 18.2. The van der Waals surface area contributed by atoms with Crippen LogP contribution in [-0.2, 0) is 11.2 Å². The summed E-state index contributed by atoms with van der Waals surface area (Å²) in [5.41, 5.74) is 0. The van der Waals surface area contributed by atoms with Crippen molar-refractivity contribution >= 4 is 17.5 Å². The maximum atomic E-state index is 12.4. The number of halogens is 2. The SMILES string of the molecule is O=C(CCl)NCCc1ncc(F)cn1. The van der Waals surface area contributed by atoms with Crippen LogP contribution in [-0.4, -0.2) is 28.3 Å². The zero-order valence-corrected chi connectivity index (χ0v) is 8.09. The van der Waals surface area contributed by atoms with Gasteiger partial charge in [-0.3, -0.25) is 4.79 Å². The van der Waals surface area contributed by atoms with Gasteiger partial charge < -0.3 is 5.32 Å². The highest BCUT2D eigenvalue weighted by Crippen LogP contribution is 1.93. The minimum absolute atomic E-state index is 0.0652. The van der Waals surface area contributed by atoms with E-state index < -0.39 is 5.82 Å². The number of hydrogen-bond donors (Lipinski definition) is 1. The number of alkyl halides is 1. The number of nitrogens with zero attached hydrogens (tertiary/aromatic N) is 2. The third kappa shape index (κ3) is 3.66. The number of amides is 1. The number of aromatic nitrogens is 2. The van der Waals surface area contributed by atoms with Gasteiger partial charge in [0.15, 0.2) is 5.82 Å². The molecule has 0 saturated carbocycles. The number of hydrogen-bond acceptors (Lipinski definition) is 3. The average Bonchev–Trinajstić information content (AvgIpc) is 2.21. The van der Waals surface area contributed by atoms with E-state index in [1.165, 1.54) is 0 Å². The van der Waals surface area contributed by atoms with Crippen molar-refractivity contribution < 1.29 is 9.18 Å². The fourth-order valence-corrected chi connectivity index (χ4v) is 0.924. The highest BCUT2D eigenvalue weighted by Gasteiger charge is 1.99. The fourth-order valence-electron chi connectivity index (χ4n) is 0.829. The van der Waals surface area contributed by atoms with Crippen LogP contribution in [0.4, 0.5) is 4.39 Å². The topological polar surface area (TPSA) is 54.9 Å². The van der Waals surface area contributed by atoms with Gasteiger partial charge in [0.25, 0.3) is 0 Å². The Hall–Kier alpha value is -1.23. The number of carbonyl (C=O) groups excluding carboxylic acids is 1. The molecule has 0 aliphatic heterocycles. The third-order valence-electron chi connectivity index (χ3n) is 1.47. The fraction of sp³-hybridized carbons (Fsp3) is 0.375. The molecule has 0 aliphatic carbocycles. The van der Waals surface area contributed by atoms with Gasteiger partial charge in [0.05, 0.1) is 12.4 Å². The van der Waals surface area contributed by atoms with Crippen molar-refractivity contribution in [3.63, 3.8) is 0 Å². The largest absolute Gasteiger partial charge is 0.355 e. The van der Waals surface area contributed by atoms with Gasteiger partial charge in [-0.05, 0) is 0 Å². The molecule has 1 rings (SSSR count). The Morgan fingerprint density at radius 1 is 1.50 bits per heavy atom. The van der Waals surface area contributed by atoms with E-state index in [1.807, 2.05) is 0 Å². The molecule has 1 amide bonds. The molecule has 76 valence electrons. The van der Waals surface area contributed by atoms with E-state index in [4.69, 9.17) is 11.6 Å². The summed E-state index contributed by atoms with van der Waals surface area (Å²) in [6.45, 7) is 0.400. The molecule has 4 nitrogen and oxygen atoms in total. The van der Waals surface area contributed by atoms with Crippen LogP contribution < -0.4 is 5.32 Å². The van der Waals surface area contributed by atoms with E-state index >= 15 is 0 Å². The molecule has 0 spiro atoms. The standard InChI is InChI=1S/C8H9ClFN3O/c9-3-8(14)11-2-1-7-12-4-6(10)5-13-7/h4-5H,1-3H2,(H,11,14). The van der Waals surface area contributed by atoms with Crippen LogP contribution in [0.25, 0.3) is 0 Å². The minimum Gasteiger partial charge on any atom is -0.355 e. The molecule has 1 aromatic heterocycles. The third-order valence-corrected chi connectivity index (χ3v) is 1.71. The zero-order valence-electron chi connectivity index (χ0n) is 7.33. The Morgan fingerprint density at radius 2 is 2.14 bits per heavy atom. The van der Waals surface area contributed by atoms with Crippen molar-refractivity contribution in [1.82, 2.24) is 15.3 Å². The summed E-state index contributed by atoms with van der Waals surface area (Å²) in [7, 11) is 0. The lowest BCUT2D eigenvalue weighted by atomic mass is 10.4. The van der Waals surface area contributed by atoms with Crippen molar-refractivity contribution in [2.75, 3.05) is 12.4 Å². The second kappa shape index (κ2) is 5.49. The van der Waals surface area contributed by atoms with Crippen molar-refractivity contribution in [2.45, 2.75) is 6.42 Å². The van der Waals surface area contributed by atoms with Crippen molar-refractivity contribution in [2.24, 2.45) is 0 Å². The quantitative estimate of drug-likeness (QED) is 0.748. The van der Waals surface area contributed by atoms with Crippen LogP contribution in [0.2, 0.25) is 0 Å². The molecule has 1 N–H and O–H groups in total. The second-order valence-corrected chi connectivity index (χ2v) is 2.82. The van der Waals surface area contributed by atoms with Gasteiger partial charge in [-0.15, -0.1) is 11.6 Å². The summed E-state index contributed by atoms with van der Waals surface area (Å²) in [5, 5.41) is 2.55. The van der Waals surface area contributed by atoms with E-state index in [0.29, 0.717) is 18.8 Å². The molecule has 1 aromatic rings. The molecular weight excluding hydrogens is 209 g/mol. The van der Waals surface area contributed by atoms with Crippen LogP contribution in [0.1, 0.15) is 5.82 Å². The normalized spacial score (nSPS) is 9.86. The first-order valence-corrected chi connectivity index (χ1v) is 4.55. The van der Waals surface area contributed by atoms with E-state index in [-0.39, 0.29) is 11.8 Å². The summed E-state index contributed by atoms with van der Waals surface area (Å²) in [6, 6.07) is 0. The lowest BCUT2D eigenvalue weighted by Gasteiger charge is -2.01. The van der Waals surface area contributed by atoms with Gasteiger partial charge in [-0.2, -0.15) is 0 Å². The molecule has 0 atom stereocenters. The molecule has 14 heavy (non-hydrogen) atoms. The Labute approximate surface area is 85.5 Å². The molecule has 0 fully saturated rings. The Balaban J connectivity index is 2.31. The molecule has 0 radical (unpaired) electrons. The van der Waals surface area contributed by atoms with Gasteiger partial charge >= 0.3 is 0 Å². The van der Waals surface area contributed by atoms with Gasteiger partial charge in [0.1, 0.15) is 11.7 Å². The number of carbonyl (C=O) groups is 1. The molecule has 6 heteroatoms. The number of nitrogens with one attached hydrogen (secondary N) is 1. The maximum Gasteiger partial charge on any atom is 0.234 e. The lowest BCUT2D eigenvalue weighted by molar-refractivity contribution is -0.118. The summed E-state index contributed by atoms with van der Waals surface area (Å²) >= 11 is 5.26. The number of rotatable bonds is 4. The summed E-state index contributed by atoms with van der Waals surface area (Å²) < 4.78 is 12.4. The lowest BCUT2D eigenvalue weighted by Crippen LogP contribution is -2.26. The van der Waals surface area contributed by atoms with Crippen molar-refractivity contribution in [1.29, 1.82) is 0 Å². The van der Waals surface area contributed by atoms with Crippen molar-refractivity contribution in [3.8, 4) is 0 Å². The second-order valence-electron chi connectivity index (χ2n) is 2.55. The van der Waals surface area contributed by atoms with Crippen LogP contribution in [0.3, 0.4) is 0 Å². The molecular formula is C8H9ClFN3O. The monoisotopic (exact) mass is 217 g/mol. The predicted molar refractivity (Wildman–Crippen MR) is 49.4 cm³/mol. The smallest absolute Gasteiger partial charge is 0.234 e. The zero-order chi connectivity index (χ0) is 10.4. The van der Waals surface area contributed by atoms with Crippen molar-refractivity contribution in [3.05, 3.63) is 24.0 Å². The van der Waals surface area contributed by atoms with E-state index in [1.54, 1.807) is 0 Å². The van der Waals surface area contributed by atoms with Crippen LogP contribution >= 0.6 is 11.6 Å². The Bertz CT molecular complexity index is 304. The van der Waals surface area contributed by atoms with E-state index in [9.17, 15) is 9.18 Å². The van der Waals surface area contributed by atoms with E-state index in [2.05, 4.69) is 15.3 Å². The highest BCUT2D eigenvalue weighted by atomic mass is 35.5. The Kier molecular flexibility index (Phi) is 4.25. The molecule has 1 heterocycles. The molecule has 0 unspecified atom stereocenters. The summed E-state index contributed by atoms with van der Waals surface area (Å²) in [5.74, 6) is -0.293. The van der Waals surface area contributed by atoms with Crippen LogP contribution in [0.15, 0.2) is 12.4 Å². The van der Waals surface area contributed by atoms with Crippen LogP contribution in [0, 0.1) is 5.82 Å². The maximum absolute atomic E-state index is 12.4. The first-order chi connectivity index (χ1) is 6.72. The first kappa shape index (κ1) is 10.8. The van der Waals surface area contributed by atoms with Gasteiger partial charge in [0, 0.05) is 13.0 Å². The molecule has 0 bridgehead atoms. The molecule has 0 saturated heterocycles. The van der Waals surface area contributed by atoms with Gasteiger partial charge in [-0.25, -0.2) is 14.4 Å². The van der Waals surface area contributed by atoms with Crippen LogP contribution in [0.5, 0.6) is 0 Å². The van der Waals surface area contributed by atoms with E-state index in [0.717, 1.165) is 12.4 Å². The highest BCUT2D eigenvalue weighted by molar-refractivity contribution is 6.27. The first-order valence-electron chi connectivity index (χ1n) is 4.01. The van der Waals surface area contributed by atoms with Gasteiger partial charge in [0.2, 0.25) is 5.91 Å². The summed E-state index contributed by atoms with van der Waals surface area (Å²) in [6.07, 6.45) is 2.64. The predicted octanol–water partition coefficient (Wildman–Crippen LogP) is 0.513. The Morgan fingerprint density at radius 3 is 2.71 bits per heavy atom. The minimum atomic E-state index is -0.474. The molecule has 0 aliphatic rings. The average molecular weight is 218 g/mol.